The molecule has 0 saturated carbocycles. The van der Waals surface area contributed by atoms with E-state index in [9.17, 15) is 9.59 Å². The largest absolute Gasteiger partial charge is 0.281 e. The van der Waals surface area contributed by atoms with E-state index in [0.717, 1.165) is 29.7 Å². The Balaban J connectivity index is 1.67. The van der Waals surface area contributed by atoms with E-state index in [-0.39, 0.29) is 18.0 Å². The van der Waals surface area contributed by atoms with Gasteiger partial charge in [-0.3, -0.25) is 19.7 Å². The molecule has 25 heavy (non-hydrogen) atoms. The summed E-state index contributed by atoms with van der Waals surface area (Å²) >= 11 is 7.53. The molecule has 0 fully saturated rings. The van der Waals surface area contributed by atoms with Crippen molar-refractivity contribution >= 4 is 39.1 Å². The zero-order valence-electron chi connectivity index (χ0n) is 13.8. The van der Waals surface area contributed by atoms with Gasteiger partial charge in [0, 0.05) is 11.1 Å². The Hall–Kier alpha value is -2.19. The second-order valence-electron chi connectivity index (χ2n) is 6.13. The molecule has 1 aliphatic carbocycles. The van der Waals surface area contributed by atoms with Crippen LogP contribution >= 0.6 is 22.9 Å². The molecule has 1 amide bonds. The van der Waals surface area contributed by atoms with Crippen LogP contribution in [0.5, 0.6) is 0 Å². The lowest BCUT2D eigenvalue weighted by atomic mass is 10.2. The average molecular weight is 378 g/mol. The molecule has 0 unspecified atom stereocenters. The van der Waals surface area contributed by atoms with E-state index in [0.29, 0.717) is 21.9 Å². The number of rotatable bonds is 3. The molecular weight excluding hydrogens is 362 g/mol. The molecule has 0 spiro atoms. The van der Waals surface area contributed by atoms with E-state index in [1.807, 2.05) is 0 Å². The van der Waals surface area contributed by atoms with Crippen LogP contribution in [-0.4, -0.2) is 25.3 Å². The normalized spacial score (nSPS) is 13.4. The Morgan fingerprint density at radius 2 is 2.20 bits per heavy atom. The maximum Gasteiger partial charge on any atom is 0.281 e. The molecule has 3 aromatic heterocycles. The first-order valence-corrected chi connectivity index (χ1v) is 9.17. The zero-order chi connectivity index (χ0) is 17.7. The maximum atomic E-state index is 12.9. The van der Waals surface area contributed by atoms with Crippen molar-refractivity contribution in [1.29, 1.82) is 0 Å². The molecule has 0 atom stereocenters. The van der Waals surface area contributed by atoms with E-state index in [2.05, 4.69) is 15.5 Å². The summed E-state index contributed by atoms with van der Waals surface area (Å²) in [6.07, 6.45) is 4.55. The number of nitrogens with one attached hydrogen (secondary N) is 1. The van der Waals surface area contributed by atoms with Crippen LogP contribution in [0.25, 0.3) is 10.2 Å². The first-order chi connectivity index (χ1) is 11.9. The van der Waals surface area contributed by atoms with Gasteiger partial charge in [0.25, 0.3) is 11.5 Å². The molecule has 9 heteroatoms. The topological polar surface area (TPSA) is 81.8 Å². The second kappa shape index (κ2) is 5.96. The van der Waals surface area contributed by atoms with Crippen LogP contribution < -0.4 is 11.0 Å². The van der Waals surface area contributed by atoms with Crippen LogP contribution in [0.3, 0.4) is 0 Å². The van der Waals surface area contributed by atoms with Crippen molar-refractivity contribution in [3.63, 3.8) is 0 Å². The predicted octanol–water partition coefficient (Wildman–Crippen LogP) is 2.18. The number of hydrogen-bond acceptors (Lipinski definition) is 5. The highest BCUT2D eigenvalue weighted by Crippen LogP contribution is 2.34. The number of aromatic nitrogens is 4. The molecule has 1 aliphatic rings. The van der Waals surface area contributed by atoms with E-state index in [4.69, 9.17) is 11.6 Å². The number of nitrogens with zero attached hydrogens (tertiary/aromatic N) is 4. The van der Waals surface area contributed by atoms with Crippen LogP contribution in [0.1, 0.15) is 28.4 Å². The van der Waals surface area contributed by atoms with Gasteiger partial charge < -0.3 is 0 Å². The minimum absolute atomic E-state index is 0.0286. The molecule has 0 aromatic carbocycles. The van der Waals surface area contributed by atoms with Crippen LogP contribution in [-0.2, 0) is 24.2 Å². The molecule has 0 bridgehead atoms. The fraction of sp³-hybridized carbons (Fsp3) is 0.375. The Kier molecular flexibility index (Phi) is 3.88. The van der Waals surface area contributed by atoms with E-state index < -0.39 is 0 Å². The van der Waals surface area contributed by atoms with Gasteiger partial charge in [-0.25, -0.2) is 9.66 Å². The number of hydrogen-bond donors (Lipinski definition) is 1. The summed E-state index contributed by atoms with van der Waals surface area (Å²) in [5.74, 6) is 0.0952. The predicted molar refractivity (Wildman–Crippen MR) is 97.0 cm³/mol. The smallest absolute Gasteiger partial charge is 0.271 e. The van der Waals surface area contributed by atoms with Gasteiger partial charge in [-0.2, -0.15) is 5.10 Å². The van der Waals surface area contributed by atoms with Gasteiger partial charge in [-0.05, 0) is 38.7 Å². The van der Waals surface area contributed by atoms with Crippen molar-refractivity contribution in [2.75, 3.05) is 5.43 Å². The highest BCUT2D eigenvalue weighted by Gasteiger charge is 2.23. The third kappa shape index (κ3) is 2.75. The summed E-state index contributed by atoms with van der Waals surface area (Å²) < 4.78 is 2.68. The van der Waals surface area contributed by atoms with Crippen LogP contribution in [0.2, 0.25) is 5.02 Å². The second-order valence-corrected chi connectivity index (χ2v) is 7.62. The van der Waals surface area contributed by atoms with E-state index >= 15 is 0 Å². The Morgan fingerprint density at radius 1 is 1.40 bits per heavy atom. The molecule has 0 aliphatic heterocycles. The van der Waals surface area contributed by atoms with Crippen LogP contribution in [0.15, 0.2) is 11.0 Å². The lowest BCUT2D eigenvalue weighted by molar-refractivity contribution is -0.117. The van der Waals surface area contributed by atoms with Crippen molar-refractivity contribution < 1.29 is 4.79 Å². The van der Waals surface area contributed by atoms with E-state index in [1.165, 1.54) is 14.2 Å². The first-order valence-electron chi connectivity index (χ1n) is 7.97. The minimum Gasteiger partial charge on any atom is -0.271 e. The van der Waals surface area contributed by atoms with Gasteiger partial charge >= 0.3 is 0 Å². The van der Waals surface area contributed by atoms with Gasteiger partial charge in [0.05, 0.1) is 16.1 Å². The first kappa shape index (κ1) is 16.3. The van der Waals surface area contributed by atoms with Gasteiger partial charge in [-0.1, -0.05) is 11.6 Å². The van der Waals surface area contributed by atoms with Crippen molar-refractivity contribution in [2.24, 2.45) is 0 Å². The summed E-state index contributed by atoms with van der Waals surface area (Å²) in [6.45, 7) is 3.44. The summed E-state index contributed by atoms with van der Waals surface area (Å²) in [7, 11) is 0. The van der Waals surface area contributed by atoms with E-state index in [1.54, 1.807) is 31.4 Å². The number of halogens is 1. The monoisotopic (exact) mass is 377 g/mol. The number of fused-ring (bicyclic) bond motifs is 3. The number of carbonyl (C=O) groups is 1. The fourth-order valence-electron chi connectivity index (χ4n) is 3.16. The fourth-order valence-corrected chi connectivity index (χ4v) is 4.61. The lowest BCUT2D eigenvalue weighted by Gasteiger charge is -2.11. The molecular formula is C16H16ClN5O2S. The Bertz CT molecular complexity index is 1050. The quantitative estimate of drug-likeness (QED) is 0.758. The molecule has 0 radical (unpaired) electrons. The van der Waals surface area contributed by atoms with Crippen LogP contribution in [0, 0.1) is 13.8 Å². The number of aryl methyl sites for hydroxylation is 4. The maximum absolute atomic E-state index is 12.9. The number of thiophene rings is 1. The van der Waals surface area contributed by atoms with Crippen LogP contribution in [0.4, 0.5) is 0 Å². The summed E-state index contributed by atoms with van der Waals surface area (Å²) in [6, 6.07) is 0. The molecule has 0 saturated heterocycles. The van der Waals surface area contributed by atoms with Crippen molar-refractivity contribution in [3.05, 3.63) is 43.5 Å². The third-order valence-corrected chi connectivity index (χ3v) is 5.89. The number of amides is 1. The molecule has 3 heterocycles. The van der Waals surface area contributed by atoms with Crippen molar-refractivity contribution in [1.82, 2.24) is 19.4 Å². The third-order valence-electron chi connectivity index (χ3n) is 4.34. The molecule has 7 nitrogen and oxygen atoms in total. The lowest BCUT2D eigenvalue weighted by Crippen LogP contribution is -2.37. The Labute approximate surface area is 152 Å². The Morgan fingerprint density at radius 3 is 2.92 bits per heavy atom. The average Bonchev–Trinajstić information content (AvgIpc) is 3.19. The number of carbonyl (C=O) groups excluding carboxylic acids is 1. The van der Waals surface area contributed by atoms with Gasteiger partial charge in [0.15, 0.2) is 0 Å². The SMILES string of the molecule is Cc1nn(CC(=O)Nn2c(C)nc3sc4c(c3c2=O)CCC4)cc1Cl. The van der Waals surface area contributed by atoms with Gasteiger partial charge in [0.1, 0.15) is 17.2 Å². The molecule has 130 valence electrons. The molecule has 4 rings (SSSR count). The minimum atomic E-state index is -0.364. The summed E-state index contributed by atoms with van der Waals surface area (Å²) in [5, 5.41) is 5.29. The highest BCUT2D eigenvalue weighted by atomic mass is 35.5. The highest BCUT2D eigenvalue weighted by molar-refractivity contribution is 7.18. The van der Waals surface area contributed by atoms with Gasteiger partial charge in [0.2, 0.25) is 0 Å². The van der Waals surface area contributed by atoms with Crippen molar-refractivity contribution in [2.45, 2.75) is 39.7 Å². The standard InChI is InChI=1S/C16H16ClN5O2S/c1-8-11(17)6-21(19-8)7-13(23)20-22-9(2)18-15-14(16(22)24)10-4-3-5-12(10)25-15/h6H,3-5,7H2,1-2H3,(H,20,23). The van der Waals surface area contributed by atoms with Crippen molar-refractivity contribution in [3.8, 4) is 0 Å². The molecule has 1 N–H and O–H groups in total. The molecule has 3 aromatic rings. The zero-order valence-corrected chi connectivity index (χ0v) is 15.4. The summed E-state index contributed by atoms with van der Waals surface area (Å²) in [5.41, 5.74) is 4.16. The summed E-state index contributed by atoms with van der Waals surface area (Å²) in [4.78, 5) is 31.7. The van der Waals surface area contributed by atoms with Gasteiger partial charge in [-0.15, -0.1) is 11.3 Å².